The number of phenols is 1. The highest BCUT2D eigenvalue weighted by atomic mass is 127. The molecule has 2 aromatic carbocycles. The summed E-state index contributed by atoms with van der Waals surface area (Å²) >= 11 is 1.90. The van der Waals surface area contributed by atoms with E-state index in [9.17, 15) is 15.0 Å². The molecule has 3 aromatic rings. The van der Waals surface area contributed by atoms with Gasteiger partial charge in [-0.15, -0.1) is 0 Å². The highest BCUT2D eigenvalue weighted by Crippen LogP contribution is 2.32. The van der Waals surface area contributed by atoms with Crippen molar-refractivity contribution < 1.29 is 14.6 Å². The Kier molecular flexibility index (Phi) is 2.94. The summed E-state index contributed by atoms with van der Waals surface area (Å²) in [5.41, 5.74) is 1.01. The molecule has 2 N–H and O–H groups in total. The zero-order valence-corrected chi connectivity index (χ0v) is 11.8. The van der Waals surface area contributed by atoms with E-state index < -0.39 is 0 Å². The van der Waals surface area contributed by atoms with Crippen LogP contribution in [-0.2, 0) is 6.61 Å². The van der Waals surface area contributed by atoms with Gasteiger partial charge in [-0.3, -0.25) is 4.79 Å². The summed E-state index contributed by atoms with van der Waals surface area (Å²) in [5, 5.41) is 20.0. The fraction of sp³-hybridized carbons (Fsp3) is 0.0714. The topological polar surface area (TPSA) is 70.7 Å². The van der Waals surface area contributed by atoms with Crippen molar-refractivity contribution in [2.24, 2.45) is 0 Å². The van der Waals surface area contributed by atoms with Gasteiger partial charge < -0.3 is 14.6 Å². The number of halogens is 1. The van der Waals surface area contributed by atoms with Gasteiger partial charge in [0.2, 0.25) is 5.43 Å². The van der Waals surface area contributed by atoms with Crippen molar-refractivity contribution in [3.05, 3.63) is 49.7 Å². The molecule has 1 heterocycles. The number of aromatic hydroxyl groups is 1. The number of phenolic OH excluding ortho intramolecular Hbond substituents is 1. The van der Waals surface area contributed by atoms with E-state index in [1.165, 1.54) is 0 Å². The normalized spacial score (nSPS) is 11.3. The smallest absolute Gasteiger partial charge is 0.204 e. The molecule has 0 aliphatic rings. The van der Waals surface area contributed by atoms with Gasteiger partial charge in [0.25, 0.3) is 0 Å². The van der Waals surface area contributed by atoms with Gasteiger partial charge in [0.15, 0.2) is 0 Å². The fourth-order valence-corrected chi connectivity index (χ4v) is 2.68. The van der Waals surface area contributed by atoms with Crippen molar-refractivity contribution in [1.82, 2.24) is 0 Å². The summed E-state index contributed by atoms with van der Waals surface area (Å²) in [4.78, 5) is 12.4. The number of benzene rings is 2. The summed E-state index contributed by atoms with van der Waals surface area (Å²) < 4.78 is 6.10. The molecule has 0 fully saturated rings. The van der Waals surface area contributed by atoms with Crippen LogP contribution < -0.4 is 5.43 Å². The first-order valence-electron chi connectivity index (χ1n) is 5.60. The van der Waals surface area contributed by atoms with Crippen LogP contribution in [0.1, 0.15) is 5.56 Å². The fourth-order valence-electron chi connectivity index (χ4n) is 2.08. The van der Waals surface area contributed by atoms with Gasteiger partial charge >= 0.3 is 0 Å². The molecule has 0 bridgehead atoms. The maximum absolute atomic E-state index is 12.4. The van der Waals surface area contributed by atoms with Gasteiger partial charge in [-0.1, -0.05) is 12.1 Å². The SMILES string of the molecule is O=c1c2ccccc2oc2cc(CO)c(I)c(O)c12. The first kappa shape index (κ1) is 12.4. The van der Waals surface area contributed by atoms with E-state index in [1.54, 1.807) is 30.3 Å². The molecule has 96 valence electrons. The number of rotatable bonds is 1. The quantitative estimate of drug-likeness (QED) is 0.512. The van der Waals surface area contributed by atoms with Crippen molar-refractivity contribution in [1.29, 1.82) is 0 Å². The third-order valence-electron chi connectivity index (χ3n) is 3.03. The second kappa shape index (κ2) is 4.50. The molecular formula is C14H9IO4. The van der Waals surface area contributed by atoms with Crippen molar-refractivity contribution in [2.75, 3.05) is 0 Å². The van der Waals surface area contributed by atoms with Crippen molar-refractivity contribution in [3.8, 4) is 5.75 Å². The Labute approximate surface area is 121 Å². The predicted molar refractivity (Wildman–Crippen MR) is 80.3 cm³/mol. The maximum atomic E-state index is 12.4. The Balaban J connectivity index is 2.59. The van der Waals surface area contributed by atoms with Crippen molar-refractivity contribution in [2.45, 2.75) is 6.61 Å². The zero-order chi connectivity index (χ0) is 13.6. The number of aliphatic hydroxyl groups excluding tert-OH is 1. The summed E-state index contributed by atoms with van der Waals surface area (Å²) in [5.74, 6) is -0.137. The highest BCUT2D eigenvalue weighted by Gasteiger charge is 2.16. The third-order valence-corrected chi connectivity index (χ3v) is 4.23. The number of para-hydroxylation sites is 1. The van der Waals surface area contributed by atoms with Crippen LogP contribution in [0.2, 0.25) is 0 Å². The Morgan fingerprint density at radius 1 is 1.21 bits per heavy atom. The number of fused-ring (bicyclic) bond motifs is 2. The molecule has 0 saturated carbocycles. The minimum absolute atomic E-state index is 0.137. The molecule has 4 nitrogen and oxygen atoms in total. The van der Waals surface area contributed by atoms with Gasteiger partial charge in [-0.25, -0.2) is 0 Å². The molecule has 0 aliphatic carbocycles. The summed E-state index contributed by atoms with van der Waals surface area (Å²) in [7, 11) is 0. The third kappa shape index (κ3) is 1.81. The number of hydrogen-bond donors (Lipinski definition) is 2. The highest BCUT2D eigenvalue weighted by molar-refractivity contribution is 14.1. The van der Waals surface area contributed by atoms with Crippen LogP contribution in [0.5, 0.6) is 5.75 Å². The van der Waals surface area contributed by atoms with Gasteiger partial charge in [-0.05, 0) is 46.4 Å². The first-order chi connectivity index (χ1) is 9.13. The van der Waals surface area contributed by atoms with E-state index >= 15 is 0 Å². The lowest BCUT2D eigenvalue weighted by molar-refractivity contribution is 0.280. The summed E-state index contributed by atoms with van der Waals surface area (Å²) in [6.07, 6.45) is 0. The monoisotopic (exact) mass is 368 g/mol. The van der Waals surface area contributed by atoms with E-state index in [2.05, 4.69) is 0 Å². The second-order valence-electron chi connectivity index (χ2n) is 4.16. The van der Waals surface area contributed by atoms with Crippen LogP contribution >= 0.6 is 22.6 Å². The molecule has 0 radical (unpaired) electrons. The van der Waals surface area contributed by atoms with Crippen LogP contribution in [0.15, 0.2) is 39.5 Å². The van der Waals surface area contributed by atoms with E-state index in [-0.39, 0.29) is 28.8 Å². The van der Waals surface area contributed by atoms with Crippen LogP contribution in [0, 0.1) is 3.57 Å². The molecule has 0 saturated heterocycles. The molecule has 0 unspecified atom stereocenters. The van der Waals surface area contributed by atoms with Crippen molar-refractivity contribution >= 4 is 44.5 Å². The zero-order valence-electron chi connectivity index (χ0n) is 9.68. The molecule has 0 aliphatic heterocycles. The second-order valence-corrected chi connectivity index (χ2v) is 5.24. The Bertz CT molecular complexity index is 851. The predicted octanol–water partition coefficient (Wildman–Crippen LogP) is 2.75. The maximum Gasteiger partial charge on any atom is 0.204 e. The van der Waals surface area contributed by atoms with Crippen LogP contribution in [0.3, 0.4) is 0 Å². The molecule has 19 heavy (non-hydrogen) atoms. The molecule has 0 amide bonds. The molecule has 0 atom stereocenters. The summed E-state index contributed by atoms with van der Waals surface area (Å²) in [6, 6.07) is 8.47. The average molecular weight is 368 g/mol. The van der Waals surface area contributed by atoms with Crippen LogP contribution in [-0.4, -0.2) is 10.2 Å². The van der Waals surface area contributed by atoms with Crippen LogP contribution in [0.4, 0.5) is 0 Å². The Morgan fingerprint density at radius 3 is 2.68 bits per heavy atom. The molecule has 5 heteroatoms. The van der Waals surface area contributed by atoms with Crippen molar-refractivity contribution in [3.63, 3.8) is 0 Å². The first-order valence-corrected chi connectivity index (χ1v) is 6.68. The van der Waals surface area contributed by atoms with Gasteiger partial charge in [-0.2, -0.15) is 0 Å². The van der Waals surface area contributed by atoms with Gasteiger partial charge in [0.1, 0.15) is 22.3 Å². The van der Waals surface area contributed by atoms with E-state index in [0.717, 1.165) is 0 Å². The Morgan fingerprint density at radius 2 is 1.95 bits per heavy atom. The van der Waals surface area contributed by atoms with E-state index in [4.69, 9.17) is 4.42 Å². The van der Waals surface area contributed by atoms with E-state index in [1.807, 2.05) is 22.6 Å². The van der Waals surface area contributed by atoms with Gasteiger partial charge in [0, 0.05) is 0 Å². The Hall–Kier alpha value is -1.60. The lowest BCUT2D eigenvalue weighted by Crippen LogP contribution is -2.04. The lowest BCUT2D eigenvalue weighted by Gasteiger charge is -2.08. The molecule has 3 rings (SSSR count). The minimum atomic E-state index is -0.267. The molecule has 0 spiro atoms. The number of hydrogen-bond acceptors (Lipinski definition) is 4. The minimum Gasteiger partial charge on any atom is -0.506 e. The largest absolute Gasteiger partial charge is 0.506 e. The molecule has 1 aromatic heterocycles. The average Bonchev–Trinajstić information content (AvgIpc) is 2.42. The van der Waals surface area contributed by atoms with Crippen LogP contribution in [0.25, 0.3) is 21.9 Å². The molecular weight excluding hydrogens is 359 g/mol. The van der Waals surface area contributed by atoms with Gasteiger partial charge in [0.05, 0.1) is 15.6 Å². The summed E-state index contributed by atoms with van der Waals surface area (Å²) in [6.45, 7) is -0.224. The standard InChI is InChI=1S/C14H9IO4/c15-12-7(6-16)5-10-11(14(12)18)13(17)8-3-1-2-4-9(8)19-10/h1-5,16,18H,6H2. The van der Waals surface area contributed by atoms with E-state index in [0.29, 0.717) is 20.1 Å². The number of aliphatic hydroxyl groups is 1. The lowest BCUT2D eigenvalue weighted by atomic mass is 10.1.